The molecule has 0 radical (unpaired) electrons. The molecule has 318 valence electrons. The second kappa shape index (κ2) is 16.6. The predicted molar refractivity (Wildman–Crippen MR) is 229 cm³/mol. The van der Waals surface area contributed by atoms with Gasteiger partial charge in [0.05, 0.1) is 28.5 Å². The number of allylic oxidation sites excluding steroid dienone is 3. The number of hydrogen-bond acceptors (Lipinski definition) is 10. The number of aliphatic imine (C=N–C) groups is 1. The highest BCUT2D eigenvalue weighted by Crippen LogP contribution is 2.40. The van der Waals surface area contributed by atoms with Gasteiger partial charge in [0.2, 0.25) is 31.7 Å². The fraction of sp³-hybridized carbons (Fsp3) is 0.256. The molecule has 2 aromatic heterocycles. The van der Waals surface area contributed by atoms with Gasteiger partial charge in [-0.1, -0.05) is 18.7 Å². The van der Waals surface area contributed by atoms with E-state index in [1.807, 2.05) is 13.0 Å². The molecule has 0 atom stereocenters. The Balaban J connectivity index is 1.28. The fourth-order valence-corrected chi connectivity index (χ4v) is 9.73. The molecule has 2 N–H and O–H groups in total. The molecule has 3 aliphatic rings. The Kier molecular flexibility index (Phi) is 11.6. The number of halogens is 2. The number of likely N-dealkylation sites (N-methyl/N-ethyl adjacent to an activating group) is 1. The summed E-state index contributed by atoms with van der Waals surface area (Å²) in [6, 6.07) is 12.3. The van der Waals surface area contributed by atoms with Gasteiger partial charge in [0, 0.05) is 49.4 Å². The molecule has 3 aliphatic heterocycles. The molecule has 7 rings (SSSR count). The monoisotopic (exact) mass is 872 g/mol. The quantitative estimate of drug-likeness (QED) is 0.192. The number of furan rings is 1. The van der Waals surface area contributed by atoms with Crippen LogP contribution < -0.4 is 14.9 Å². The predicted octanol–water partition coefficient (Wildman–Crippen LogP) is 6.43. The molecule has 14 nitrogen and oxygen atoms in total. The lowest BCUT2D eigenvalue weighted by Gasteiger charge is -2.23. The smallest absolute Gasteiger partial charge is 0.255 e. The van der Waals surface area contributed by atoms with Crippen LogP contribution >= 0.6 is 0 Å². The Bertz CT molecular complexity index is 2900. The molecule has 2 aromatic carbocycles. The third-order valence-corrected chi connectivity index (χ3v) is 13.3. The highest BCUT2D eigenvalue weighted by atomic mass is 32.2. The molecule has 4 aromatic rings. The number of rotatable bonds is 9. The van der Waals surface area contributed by atoms with Crippen LogP contribution in [0.15, 0.2) is 111 Å². The van der Waals surface area contributed by atoms with Crippen LogP contribution in [0.5, 0.6) is 0 Å². The van der Waals surface area contributed by atoms with Crippen LogP contribution in [0.1, 0.15) is 54.6 Å². The minimum atomic E-state index is -4.19. The molecule has 0 unspecified atom stereocenters. The van der Waals surface area contributed by atoms with E-state index in [1.54, 1.807) is 13.0 Å². The lowest BCUT2D eigenvalue weighted by atomic mass is 10.0. The number of benzene rings is 2. The normalized spacial score (nSPS) is 17.7. The summed E-state index contributed by atoms with van der Waals surface area (Å²) >= 11 is 0. The Morgan fingerprint density at radius 3 is 2.20 bits per heavy atom. The second-order valence-electron chi connectivity index (χ2n) is 14.5. The van der Waals surface area contributed by atoms with Crippen molar-refractivity contribution < 1.29 is 44.4 Å². The van der Waals surface area contributed by atoms with Gasteiger partial charge in [-0.15, -0.1) is 0 Å². The van der Waals surface area contributed by atoms with Gasteiger partial charge in [-0.3, -0.25) is 18.2 Å². The third kappa shape index (κ3) is 8.24. The first kappa shape index (κ1) is 42.7. The molecule has 2 amide bonds. The van der Waals surface area contributed by atoms with Crippen molar-refractivity contribution in [2.24, 2.45) is 4.99 Å². The maximum absolute atomic E-state index is 14.4. The van der Waals surface area contributed by atoms with E-state index >= 15 is 0 Å². The van der Waals surface area contributed by atoms with Gasteiger partial charge in [0.15, 0.2) is 5.82 Å². The van der Waals surface area contributed by atoms with E-state index in [2.05, 4.69) is 22.2 Å². The minimum Gasteiger partial charge on any atom is -0.437 e. The van der Waals surface area contributed by atoms with E-state index in [9.17, 15) is 35.2 Å². The topological polar surface area (TPSA) is 181 Å². The Morgan fingerprint density at radius 1 is 0.934 bits per heavy atom. The number of nitrogens with one attached hydrogen (secondary N) is 2. The first-order valence-corrected chi connectivity index (χ1v) is 22.6. The number of fused-ring (bicyclic) bond motifs is 2. The van der Waals surface area contributed by atoms with E-state index < -0.39 is 49.2 Å². The van der Waals surface area contributed by atoms with Crippen molar-refractivity contribution in [1.82, 2.24) is 19.9 Å². The van der Waals surface area contributed by atoms with E-state index in [4.69, 9.17) is 14.1 Å². The Labute approximate surface area is 351 Å². The number of anilines is 1. The summed E-state index contributed by atoms with van der Waals surface area (Å²) in [4.78, 5) is 35.6. The summed E-state index contributed by atoms with van der Waals surface area (Å²) in [6.45, 7) is 7.50. The molecule has 0 saturated carbocycles. The van der Waals surface area contributed by atoms with Crippen LogP contribution in [-0.4, -0.2) is 83.0 Å². The average molecular weight is 873 g/mol. The Morgan fingerprint density at radius 2 is 1.57 bits per heavy atom. The van der Waals surface area contributed by atoms with Gasteiger partial charge in [-0.25, -0.2) is 25.6 Å². The first-order chi connectivity index (χ1) is 28.9. The van der Waals surface area contributed by atoms with Gasteiger partial charge in [-0.05, 0) is 104 Å². The largest absolute Gasteiger partial charge is 0.437 e. The standard InChI is InChI=1S/C43H42F2N6O8S2/c1-24-9-7-21-51(39-32(24)23-33-35(41(53)47-5)37(59-43(33)49-39)29-13-17-31(45)18-14-29)61(56,57)22-19-27-10-8-20-50(60(6,54)55)38(25(27)2)48-42-26(3)34(40(52)46-4)36(58-42)28-11-15-30(44)16-12-28/h9,11-19,23H,3,7-8,10,20-22H2,1-2,4-6H3,(H,46,52)(H,47,53)/b27-19?,48-42+. The SMILES string of the molecule is C=C1C(C(=O)NC)=C(c2ccc(F)cc2)O/C1=N/C1=C(C)C(=CCS(=O)(=O)N2CCC=C(C)c3cc4c(C(=O)NC)c(-c5ccc(F)cc5)oc4nc32)CCCN1S(C)(=O)=O. The Hall–Kier alpha value is -6.40. The van der Waals surface area contributed by atoms with Crippen molar-refractivity contribution in [1.29, 1.82) is 0 Å². The van der Waals surface area contributed by atoms with Crippen molar-refractivity contribution in [2.45, 2.75) is 33.1 Å². The summed E-state index contributed by atoms with van der Waals surface area (Å²) < 4.78 is 97.5. The molecule has 18 heteroatoms. The average Bonchev–Trinajstić information content (AvgIpc) is 3.64. The number of nitrogens with zero attached hydrogens (tertiary/aromatic N) is 4. The van der Waals surface area contributed by atoms with Gasteiger partial charge < -0.3 is 19.8 Å². The van der Waals surface area contributed by atoms with Crippen molar-refractivity contribution >= 4 is 66.0 Å². The second-order valence-corrected chi connectivity index (χ2v) is 18.4. The summed E-state index contributed by atoms with van der Waals surface area (Å²) in [7, 11) is -5.25. The minimum absolute atomic E-state index is 0.00413. The maximum Gasteiger partial charge on any atom is 0.255 e. The number of carbonyl (C=O) groups excluding carboxylic acids is 2. The summed E-state index contributed by atoms with van der Waals surface area (Å²) in [6.07, 6.45) is 5.39. The summed E-state index contributed by atoms with van der Waals surface area (Å²) in [5.74, 6) is -2.48. The fourth-order valence-electron chi connectivity index (χ4n) is 7.39. The number of pyridine rings is 1. The number of amides is 2. The number of hydrogen-bond donors (Lipinski definition) is 2. The number of aromatic nitrogens is 1. The molecule has 0 spiro atoms. The van der Waals surface area contributed by atoms with Crippen LogP contribution in [0.25, 0.3) is 33.8 Å². The first-order valence-electron chi connectivity index (χ1n) is 19.1. The molecule has 0 saturated heterocycles. The molecule has 0 aliphatic carbocycles. The van der Waals surface area contributed by atoms with Crippen LogP contribution in [-0.2, 0) is 29.6 Å². The van der Waals surface area contributed by atoms with E-state index in [0.29, 0.717) is 52.5 Å². The number of carbonyl (C=O) groups is 2. The van der Waals surface area contributed by atoms with E-state index in [-0.39, 0.29) is 64.6 Å². The molecule has 0 bridgehead atoms. The van der Waals surface area contributed by atoms with Crippen LogP contribution in [0, 0.1) is 11.6 Å². The van der Waals surface area contributed by atoms with Gasteiger partial charge in [0.25, 0.3) is 11.8 Å². The van der Waals surface area contributed by atoms with Crippen molar-refractivity contribution in [3.05, 3.63) is 130 Å². The van der Waals surface area contributed by atoms with Gasteiger partial charge in [-0.2, -0.15) is 9.98 Å². The third-order valence-electron chi connectivity index (χ3n) is 10.6. The maximum atomic E-state index is 14.4. The van der Waals surface area contributed by atoms with Crippen molar-refractivity contribution in [2.75, 3.05) is 43.5 Å². The molecule has 61 heavy (non-hydrogen) atoms. The number of sulfonamides is 2. The van der Waals surface area contributed by atoms with Crippen LogP contribution in [0.4, 0.5) is 14.6 Å². The molecular weight excluding hydrogens is 831 g/mol. The van der Waals surface area contributed by atoms with Gasteiger partial charge >= 0.3 is 0 Å². The summed E-state index contributed by atoms with van der Waals surface area (Å²) in [5.41, 5.74) is 3.06. The lowest BCUT2D eigenvalue weighted by molar-refractivity contribution is -0.116. The van der Waals surface area contributed by atoms with Crippen molar-refractivity contribution in [3.8, 4) is 11.3 Å². The highest BCUT2D eigenvalue weighted by molar-refractivity contribution is 7.92. The van der Waals surface area contributed by atoms with Crippen LogP contribution in [0.2, 0.25) is 0 Å². The summed E-state index contributed by atoms with van der Waals surface area (Å²) in [5, 5.41) is 5.49. The van der Waals surface area contributed by atoms with E-state index in [1.165, 1.54) is 73.0 Å². The number of ether oxygens (including phenoxy) is 1. The van der Waals surface area contributed by atoms with Crippen LogP contribution in [0.3, 0.4) is 0 Å². The zero-order valence-corrected chi connectivity index (χ0v) is 35.6. The zero-order chi connectivity index (χ0) is 44.0. The van der Waals surface area contributed by atoms with Crippen molar-refractivity contribution in [3.63, 3.8) is 0 Å². The van der Waals surface area contributed by atoms with Gasteiger partial charge in [0.1, 0.15) is 29.0 Å². The molecule has 5 heterocycles. The van der Waals surface area contributed by atoms with E-state index in [0.717, 1.165) is 16.1 Å². The highest BCUT2D eigenvalue weighted by Gasteiger charge is 2.36. The lowest BCUT2D eigenvalue weighted by Crippen LogP contribution is -2.34. The molecule has 0 fully saturated rings. The zero-order valence-electron chi connectivity index (χ0n) is 33.9. The molecular formula is C43H42F2N6O8S2.